The number of phenols is 1. The second kappa shape index (κ2) is 6.67. The molecule has 0 aliphatic heterocycles. The first kappa shape index (κ1) is 17.8. The van der Waals surface area contributed by atoms with Gasteiger partial charge in [0.25, 0.3) is 0 Å². The van der Waals surface area contributed by atoms with Gasteiger partial charge in [-0.15, -0.1) is 10.2 Å². The Labute approximate surface area is 171 Å². The molecule has 1 atom stereocenters. The number of aryl methyl sites for hydroxylation is 1. The monoisotopic (exact) mass is 404 g/mol. The Morgan fingerprint density at radius 2 is 1.83 bits per heavy atom. The van der Waals surface area contributed by atoms with E-state index in [2.05, 4.69) is 15.3 Å². The number of ketones is 1. The number of aromatic nitrogens is 4. The van der Waals surface area contributed by atoms with Gasteiger partial charge in [0.2, 0.25) is 0 Å². The van der Waals surface area contributed by atoms with Gasteiger partial charge in [-0.1, -0.05) is 41.9 Å². The summed E-state index contributed by atoms with van der Waals surface area (Å²) < 4.78 is 1.73. The van der Waals surface area contributed by atoms with Crippen LogP contribution in [0.25, 0.3) is 16.8 Å². The van der Waals surface area contributed by atoms with Gasteiger partial charge >= 0.3 is 0 Å². The van der Waals surface area contributed by atoms with Crippen molar-refractivity contribution in [2.45, 2.75) is 25.7 Å². The molecule has 0 radical (unpaired) electrons. The van der Waals surface area contributed by atoms with Crippen molar-refractivity contribution in [1.82, 2.24) is 19.8 Å². The van der Waals surface area contributed by atoms with Crippen LogP contribution in [0.1, 0.15) is 39.8 Å². The molecule has 0 unspecified atom stereocenters. The highest BCUT2D eigenvalue weighted by molar-refractivity contribution is 6.30. The number of hydrogen-bond donors (Lipinski definition) is 1. The van der Waals surface area contributed by atoms with Crippen LogP contribution >= 0.6 is 11.6 Å². The number of phenolic OH excluding ortho intramolecular Hbond substituents is 1. The Bertz CT molecular complexity index is 1260. The van der Waals surface area contributed by atoms with Crippen molar-refractivity contribution in [3.8, 4) is 16.9 Å². The van der Waals surface area contributed by atoms with Gasteiger partial charge in [-0.25, -0.2) is 4.52 Å². The lowest BCUT2D eigenvalue weighted by atomic mass is 9.83. The molecule has 2 heterocycles. The molecule has 29 heavy (non-hydrogen) atoms. The van der Waals surface area contributed by atoms with Crippen molar-refractivity contribution in [1.29, 1.82) is 0 Å². The summed E-state index contributed by atoms with van der Waals surface area (Å²) in [6.07, 6.45) is 0.834. The lowest BCUT2D eigenvalue weighted by Gasteiger charge is -2.23. The van der Waals surface area contributed by atoms with E-state index in [4.69, 9.17) is 11.6 Å². The highest BCUT2D eigenvalue weighted by atomic mass is 35.5. The van der Waals surface area contributed by atoms with Crippen molar-refractivity contribution in [2.75, 3.05) is 0 Å². The van der Waals surface area contributed by atoms with E-state index in [0.29, 0.717) is 22.8 Å². The van der Waals surface area contributed by atoms with Crippen LogP contribution in [0.2, 0.25) is 5.02 Å². The van der Waals surface area contributed by atoms with E-state index in [1.54, 1.807) is 16.6 Å². The van der Waals surface area contributed by atoms with E-state index in [1.807, 2.05) is 43.3 Å². The summed E-state index contributed by atoms with van der Waals surface area (Å²) in [6, 6.07) is 14.6. The molecule has 6 nitrogen and oxygen atoms in total. The van der Waals surface area contributed by atoms with Gasteiger partial charge in [-0.05, 0) is 42.7 Å². The topological polar surface area (TPSA) is 80.4 Å². The minimum Gasteiger partial charge on any atom is -0.508 e. The number of fused-ring (bicyclic) bond motifs is 3. The molecule has 144 valence electrons. The first-order valence-electron chi connectivity index (χ1n) is 9.35. The Morgan fingerprint density at radius 3 is 2.59 bits per heavy atom. The summed E-state index contributed by atoms with van der Waals surface area (Å²) in [4.78, 5) is 12.8. The zero-order valence-electron chi connectivity index (χ0n) is 15.6. The standard InChI is InChI=1S/C22H17ClN4O2/c1-12-20(13-6-8-15(23)9-7-13)22-25-24-21-17(27(22)26-12)10-14(11-19(21)29)16-4-2-3-5-18(16)28/h2-9,14,28H,10-11H2,1H3/t14-/m0/s1. The number of benzene rings is 2. The van der Waals surface area contributed by atoms with Crippen LogP contribution < -0.4 is 0 Å². The maximum Gasteiger partial charge on any atom is 0.185 e. The molecule has 0 amide bonds. The van der Waals surface area contributed by atoms with Gasteiger partial charge in [0.05, 0.1) is 17.0 Å². The van der Waals surface area contributed by atoms with Gasteiger partial charge in [-0.3, -0.25) is 4.79 Å². The van der Waals surface area contributed by atoms with E-state index < -0.39 is 0 Å². The molecule has 0 saturated carbocycles. The minimum atomic E-state index is -0.132. The molecule has 0 bridgehead atoms. The Morgan fingerprint density at radius 1 is 1.07 bits per heavy atom. The maximum absolute atomic E-state index is 12.8. The molecule has 0 spiro atoms. The molecule has 2 aromatic carbocycles. The third-order valence-corrected chi connectivity index (χ3v) is 5.71. The molecular weight excluding hydrogens is 388 g/mol. The summed E-state index contributed by atoms with van der Waals surface area (Å²) in [7, 11) is 0. The Balaban J connectivity index is 1.67. The number of halogens is 1. The fourth-order valence-corrected chi connectivity index (χ4v) is 4.21. The summed E-state index contributed by atoms with van der Waals surface area (Å²) >= 11 is 6.02. The fraction of sp³-hybridized carbons (Fsp3) is 0.182. The van der Waals surface area contributed by atoms with Crippen molar-refractivity contribution in [2.24, 2.45) is 0 Å². The molecule has 0 fully saturated rings. The Hall–Kier alpha value is -3.25. The number of hydrogen-bond acceptors (Lipinski definition) is 5. The normalized spacial score (nSPS) is 16.2. The largest absolute Gasteiger partial charge is 0.508 e. The molecule has 5 rings (SSSR count). The number of Topliss-reactive ketones (excluding diaryl/α,β-unsaturated/α-hetero) is 1. The third-order valence-electron chi connectivity index (χ3n) is 5.45. The number of nitrogens with zero attached hydrogens (tertiary/aromatic N) is 4. The van der Waals surface area contributed by atoms with Crippen LogP contribution in [0.4, 0.5) is 0 Å². The van der Waals surface area contributed by atoms with Crippen molar-refractivity contribution in [3.05, 3.63) is 76.2 Å². The summed E-state index contributed by atoms with van der Waals surface area (Å²) in [6.45, 7) is 1.91. The zero-order valence-corrected chi connectivity index (χ0v) is 16.4. The average molecular weight is 405 g/mol. The fourth-order valence-electron chi connectivity index (χ4n) is 4.08. The van der Waals surface area contributed by atoms with Crippen LogP contribution in [0.3, 0.4) is 0 Å². The van der Waals surface area contributed by atoms with Crippen molar-refractivity contribution < 1.29 is 9.90 Å². The van der Waals surface area contributed by atoms with Gasteiger partial charge in [0.1, 0.15) is 5.75 Å². The van der Waals surface area contributed by atoms with Gasteiger partial charge in [-0.2, -0.15) is 5.10 Å². The average Bonchev–Trinajstić information content (AvgIpc) is 3.05. The minimum absolute atomic E-state index is 0.0879. The first-order valence-corrected chi connectivity index (χ1v) is 9.72. The zero-order chi connectivity index (χ0) is 20.1. The predicted octanol–water partition coefficient (Wildman–Crippen LogP) is 4.37. The second-order valence-corrected chi connectivity index (χ2v) is 7.72. The Kier molecular flexibility index (Phi) is 4.10. The SMILES string of the molecule is Cc1nn2c3c(nnc2c1-c1ccc(Cl)cc1)C(=O)C[C@@H](c1ccccc1O)C3. The molecule has 0 saturated heterocycles. The quantitative estimate of drug-likeness (QED) is 0.536. The first-order chi connectivity index (χ1) is 14.0. The summed E-state index contributed by atoms with van der Waals surface area (Å²) in [5, 5.41) is 24.2. The number of carbonyl (C=O) groups excluding carboxylic acids is 1. The highest BCUT2D eigenvalue weighted by Crippen LogP contribution is 2.37. The van der Waals surface area contributed by atoms with E-state index >= 15 is 0 Å². The number of carbonyl (C=O) groups is 1. The maximum atomic E-state index is 12.8. The van der Waals surface area contributed by atoms with Crippen molar-refractivity contribution >= 4 is 23.0 Å². The van der Waals surface area contributed by atoms with Crippen molar-refractivity contribution in [3.63, 3.8) is 0 Å². The number of rotatable bonds is 2. The molecule has 1 aliphatic rings. The number of aromatic hydroxyl groups is 1. The lowest BCUT2D eigenvalue weighted by molar-refractivity contribution is 0.0955. The van der Waals surface area contributed by atoms with Crippen LogP contribution in [0.15, 0.2) is 48.5 Å². The van der Waals surface area contributed by atoms with E-state index in [9.17, 15) is 9.90 Å². The van der Waals surface area contributed by atoms with Gasteiger partial charge < -0.3 is 5.11 Å². The van der Waals surface area contributed by atoms with E-state index in [0.717, 1.165) is 28.1 Å². The lowest BCUT2D eigenvalue weighted by Crippen LogP contribution is -2.24. The number of para-hydroxylation sites is 1. The second-order valence-electron chi connectivity index (χ2n) is 7.29. The van der Waals surface area contributed by atoms with Gasteiger partial charge in [0.15, 0.2) is 17.1 Å². The predicted molar refractivity (Wildman–Crippen MR) is 109 cm³/mol. The molecule has 1 N–H and O–H groups in total. The van der Waals surface area contributed by atoms with Crippen LogP contribution in [0.5, 0.6) is 5.75 Å². The molecular formula is C22H17ClN4O2. The molecule has 2 aromatic heterocycles. The summed E-state index contributed by atoms with van der Waals surface area (Å²) in [5.41, 5.74) is 5.06. The molecule has 7 heteroatoms. The van der Waals surface area contributed by atoms with E-state index in [1.165, 1.54) is 0 Å². The highest BCUT2D eigenvalue weighted by Gasteiger charge is 2.32. The van der Waals surface area contributed by atoms with Gasteiger partial charge in [0, 0.05) is 17.4 Å². The van der Waals surface area contributed by atoms with Crippen LogP contribution in [-0.2, 0) is 6.42 Å². The van der Waals surface area contributed by atoms with Crippen LogP contribution in [-0.4, -0.2) is 30.7 Å². The van der Waals surface area contributed by atoms with Crippen LogP contribution in [0, 0.1) is 6.92 Å². The van der Waals surface area contributed by atoms with E-state index in [-0.39, 0.29) is 23.9 Å². The molecule has 1 aliphatic carbocycles. The summed E-state index contributed by atoms with van der Waals surface area (Å²) in [5.74, 6) is -0.0207. The smallest absolute Gasteiger partial charge is 0.185 e. The third kappa shape index (κ3) is 2.87. The molecule has 4 aromatic rings.